The molecule has 0 saturated heterocycles. The maximum absolute atomic E-state index is 15.2. The van der Waals surface area contributed by atoms with E-state index in [1.807, 2.05) is 0 Å². The van der Waals surface area contributed by atoms with Crippen molar-refractivity contribution in [1.29, 1.82) is 0 Å². The molecular formula is C21H13AlF8O3. The topological polar surface area (TPSA) is 27.7 Å². The Hall–Kier alpha value is -2.97. The Labute approximate surface area is 186 Å². The van der Waals surface area contributed by atoms with Gasteiger partial charge in [0.1, 0.15) is 23.2 Å². The van der Waals surface area contributed by atoms with Crippen LogP contribution in [0, 0.1) is 46.5 Å². The van der Waals surface area contributed by atoms with Crippen LogP contribution in [0.15, 0.2) is 24.3 Å². The van der Waals surface area contributed by atoms with E-state index in [4.69, 9.17) is 4.74 Å². The third kappa shape index (κ3) is 4.20. The number of halogens is 8. The number of benzene rings is 3. The van der Waals surface area contributed by atoms with Crippen molar-refractivity contribution in [2.24, 2.45) is 0 Å². The minimum atomic E-state index is -4.46. The van der Waals surface area contributed by atoms with E-state index in [1.54, 1.807) is 0 Å². The van der Waals surface area contributed by atoms with Gasteiger partial charge >= 0.3 is 14.1 Å². The van der Waals surface area contributed by atoms with Crippen LogP contribution < -0.4 is 27.5 Å². The average molecular weight is 492 g/mol. The molecule has 0 aromatic heterocycles. The summed E-state index contributed by atoms with van der Waals surface area (Å²) in [5.74, 6) is -15.6. The molecule has 0 heterocycles. The van der Waals surface area contributed by atoms with Crippen LogP contribution >= 0.6 is 0 Å². The maximum atomic E-state index is 15.2. The van der Waals surface area contributed by atoms with Gasteiger partial charge in [-0.15, -0.1) is 0 Å². The van der Waals surface area contributed by atoms with E-state index in [0.717, 1.165) is 21.3 Å². The largest absolute Gasteiger partial charge is 0.495 e. The first-order valence-electron chi connectivity index (χ1n) is 9.02. The van der Waals surface area contributed by atoms with Gasteiger partial charge in [-0.1, -0.05) is 4.43 Å². The Kier molecular flexibility index (Phi) is 7.09. The molecule has 0 aliphatic carbocycles. The number of ether oxygens (including phenoxy) is 3. The lowest BCUT2D eigenvalue weighted by Crippen LogP contribution is -2.58. The van der Waals surface area contributed by atoms with Crippen LogP contribution in [0.3, 0.4) is 0 Å². The quantitative estimate of drug-likeness (QED) is 0.300. The van der Waals surface area contributed by atoms with E-state index in [1.165, 1.54) is 0 Å². The second kappa shape index (κ2) is 9.49. The fourth-order valence-corrected chi connectivity index (χ4v) is 6.80. The highest BCUT2D eigenvalue weighted by Gasteiger charge is 2.42. The summed E-state index contributed by atoms with van der Waals surface area (Å²) in [6.07, 6.45) is 0. The SMILES string of the molecule is COc1cc(F)c(F)[c]([Al]([c]2cc(F)cc(F)c2OC)[c]2c(F)c(F)cc(OC)c2F)c1F. The second-order valence-corrected chi connectivity index (χ2v) is 9.29. The molecule has 0 aliphatic heterocycles. The Bertz CT molecular complexity index is 1170. The normalized spacial score (nSPS) is 10.9. The van der Waals surface area contributed by atoms with Crippen LogP contribution in [0.25, 0.3) is 0 Å². The highest BCUT2D eigenvalue weighted by atomic mass is 27.2. The Morgan fingerprint density at radius 2 is 1.00 bits per heavy atom. The van der Waals surface area contributed by atoms with E-state index in [0.29, 0.717) is 24.3 Å². The summed E-state index contributed by atoms with van der Waals surface area (Å²) in [6.45, 7) is 0. The molecule has 0 bridgehead atoms. The predicted molar refractivity (Wildman–Crippen MR) is 103 cm³/mol. The summed E-state index contributed by atoms with van der Waals surface area (Å²) in [5.41, 5.74) is 0. The smallest absolute Gasteiger partial charge is 0.409 e. The predicted octanol–water partition coefficient (Wildman–Crippen LogP) is 3.34. The van der Waals surface area contributed by atoms with E-state index < -0.39 is 91.2 Å². The van der Waals surface area contributed by atoms with Crippen molar-refractivity contribution in [1.82, 2.24) is 0 Å². The van der Waals surface area contributed by atoms with Crippen molar-refractivity contribution in [3.8, 4) is 17.2 Å². The van der Waals surface area contributed by atoms with E-state index >= 15 is 8.78 Å². The first-order chi connectivity index (χ1) is 15.6. The van der Waals surface area contributed by atoms with Gasteiger partial charge in [0.05, 0.1) is 21.3 Å². The molecule has 12 heteroatoms. The third-order valence-electron chi connectivity index (χ3n) is 4.88. The highest BCUT2D eigenvalue weighted by Crippen LogP contribution is 2.25. The maximum Gasteiger partial charge on any atom is 0.409 e. The zero-order chi connectivity index (χ0) is 24.6. The van der Waals surface area contributed by atoms with Gasteiger partial charge in [0.2, 0.25) is 0 Å². The summed E-state index contributed by atoms with van der Waals surface area (Å²) in [6, 6.07) is 1.54. The molecule has 0 spiro atoms. The van der Waals surface area contributed by atoms with Crippen LogP contribution in [0.4, 0.5) is 35.1 Å². The van der Waals surface area contributed by atoms with Gasteiger partial charge in [0, 0.05) is 18.2 Å². The molecule has 0 atom stereocenters. The molecule has 33 heavy (non-hydrogen) atoms. The molecule has 3 nitrogen and oxygen atoms in total. The van der Waals surface area contributed by atoms with Gasteiger partial charge < -0.3 is 14.2 Å². The summed E-state index contributed by atoms with van der Waals surface area (Å²) < 4.78 is 128. The van der Waals surface area contributed by atoms with Crippen LogP contribution in [-0.4, -0.2) is 35.5 Å². The van der Waals surface area contributed by atoms with Gasteiger partial charge in [-0.3, -0.25) is 0 Å². The number of methoxy groups -OCH3 is 3. The van der Waals surface area contributed by atoms with Crippen molar-refractivity contribution in [2.75, 3.05) is 21.3 Å². The zero-order valence-corrected chi connectivity index (χ0v) is 18.3. The van der Waals surface area contributed by atoms with E-state index in [-0.39, 0.29) is 0 Å². The average Bonchev–Trinajstić information content (AvgIpc) is 2.77. The Morgan fingerprint density at radius 1 is 0.545 bits per heavy atom. The minimum Gasteiger partial charge on any atom is -0.495 e. The van der Waals surface area contributed by atoms with Crippen molar-refractivity contribution in [3.05, 3.63) is 70.8 Å². The lowest BCUT2D eigenvalue weighted by Gasteiger charge is -2.21. The van der Waals surface area contributed by atoms with Crippen LogP contribution in [0.2, 0.25) is 0 Å². The third-order valence-corrected chi connectivity index (χ3v) is 8.10. The molecule has 0 fully saturated rings. The molecule has 0 aliphatic rings. The molecule has 3 aromatic rings. The van der Waals surface area contributed by atoms with Crippen LogP contribution in [0.1, 0.15) is 0 Å². The zero-order valence-electron chi connectivity index (χ0n) is 17.1. The molecule has 0 saturated carbocycles. The van der Waals surface area contributed by atoms with Gasteiger partial charge in [0.25, 0.3) is 0 Å². The van der Waals surface area contributed by atoms with Crippen molar-refractivity contribution >= 4 is 27.4 Å². The molecule has 0 N–H and O–H groups in total. The Morgan fingerprint density at radius 3 is 1.39 bits per heavy atom. The highest BCUT2D eigenvalue weighted by molar-refractivity contribution is 6.96. The van der Waals surface area contributed by atoms with Gasteiger partial charge in [-0.2, -0.15) is 0 Å². The second-order valence-electron chi connectivity index (χ2n) is 6.65. The number of rotatable bonds is 6. The number of hydrogen-bond acceptors (Lipinski definition) is 3. The van der Waals surface area contributed by atoms with Crippen molar-refractivity contribution < 1.29 is 49.3 Å². The summed E-state index contributed by atoms with van der Waals surface area (Å²) in [4.78, 5) is 0. The molecule has 0 amide bonds. The van der Waals surface area contributed by atoms with E-state index in [9.17, 15) is 26.3 Å². The minimum absolute atomic E-state index is 0.335. The van der Waals surface area contributed by atoms with Crippen molar-refractivity contribution in [3.63, 3.8) is 0 Å². The summed E-state index contributed by atoms with van der Waals surface area (Å²) in [5, 5.41) is 0. The first kappa shape index (κ1) is 24.7. The lowest BCUT2D eigenvalue weighted by molar-refractivity contribution is 0.378. The van der Waals surface area contributed by atoms with Gasteiger partial charge in [-0.25, -0.2) is 35.1 Å². The molecule has 0 radical (unpaired) electrons. The summed E-state index contributed by atoms with van der Waals surface area (Å²) in [7, 11) is 2.72. The number of hydrogen-bond donors (Lipinski definition) is 0. The van der Waals surface area contributed by atoms with Gasteiger partial charge in [-0.05, 0) is 14.9 Å². The first-order valence-corrected chi connectivity index (χ1v) is 10.8. The fraction of sp³-hybridized carbons (Fsp3) is 0.143. The van der Waals surface area contributed by atoms with Gasteiger partial charge in [0.15, 0.2) is 40.6 Å². The fourth-order valence-electron chi connectivity index (χ4n) is 3.47. The summed E-state index contributed by atoms with van der Waals surface area (Å²) >= 11 is -4.46. The standard InChI is InChI=1S/2C7H4F3O.C7H5F2O.Al/c2*1-11-7-3-5(9)4(8)2-6(7)10;1-10-7-3-2-5(8)4-6(7)9;/h2*3H,1H3;2,4H,1H3;. The van der Waals surface area contributed by atoms with Crippen LogP contribution in [0.5, 0.6) is 17.2 Å². The molecule has 174 valence electrons. The molecule has 0 unspecified atom stereocenters. The van der Waals surface area contributed by atoms with Crippen LogP contribution in [-0.2, 0) is 0 Å². The monoisotopic (exact) mass is 492 g/mol. The van der Waals surface area contributed by atoms with E-state index in [2.05, 4.69) is 9.47 Å². The van der Waals surface area contributed by atoms with Crippen molar-refractivity contribution in [2.45, 2.75) is 0 Å². The molecule has 3 aromatic carbocycles. The Balaban J connectivity index is 2.59. The molecular weight excluding hydrogens is 479 g/mol. The molecule has 3 rings (SSSR count). The lowest BCUT2D eigenvalue weighted by atomic mass is 10.3.